The molecule has 0 N–H and O–H groups in total. The Kier molecular flexibility index (Phi) is 5.88. The number of benzene rings is 1. The smallest absolute Gasteiger partial charge is 0.226 e. The number of carbonyl (C=O) groups excluding carboxylic acids is 1. The summed E-state index contributed by atoms with van der Waals surface area (Å²) < 4.78 is 13.4. The van der Waals surface area contributed by atoms with Crippen LogP contribution in [0, 0.1) is 5.92 Å². The summed E-state index contributed by atoms with van der Waals surface area (Å²) in [6.07, 6.45) is 6.77. The zero-order valence-corrected chi connectivity index (χ0v) is 17.1. The highest BCUT2D eigenvalue weighted by Gasteiger charge is 2.37. The van der Waals surface area contributed by atoms with Gasteiger partial charge in [-0.25, -0.2) is 4.39 Å². The molecule has 0 radical (unpaired) electrons. The molecule has 2 aromatic rings. The number of aromatic nitrogens is 1. The predicted molar refractivity (Wildman–Crippen MR) is 110 cm³/mol. The number of carbonyl (C=O) groups is 1. The summed E-state index contributed by atoms with van der Waals surface area (Å²) in [7, 11) is 0. The third-order valence-electron chi connectivity index (χ3n) is 6.00. The Labute approximate surface area is 174 Å². The van der Waals surface area contributed by atoms with E-state index in [1.54, 1.807) is 12.4 Å². The average Bonchev–Trinajstić information content (AvgIpc) is 3.06. The highest BCUT2D eigenvalue weighted by molar-refractivity contribution is 6.36. The molecule has 2 aliphatic rings. The standard InChI is InChI=1S/C22H23Cl2FN2O/c23-20-11-16(15-2-1-8-26-13-15)12-21(24)19(20)10-14-7-9-27(22(14)28)18-5-3-17(25)4-6-18/h1-2,8,11-14,17-18H,3-7,9-10H2/t14?,17-,18+. The Morgan fingerprint density at radius 3 is 2.43 bits per heavy atom. The van der Waals surface area contributed by atoms with Crippen molar-refractivity contribution < 1.29 is 9.18 Å². The Balaban J connectivity index is 1.48. The summed E-state index contributed by atoms with van der Waals surface area (Å²) in [6, 6.07) is 7.79. The van der Waals surface area contributed by atoms with E-state index in [-0.39, 0.29) is 17.9 Å². The number of hydrogen-bond acceptors (Lipinski definition) is 2. The number of alkyl halides is 1. The Morgan fingerprint density at radius 1 is 1.07 bits per heavy atom. The van der Waals surface area contributed by atoms with Crippen LogP contribution in [0.3, 0.4) is 0 Å². The lowest BCUT2D eigenvalue weighted by Crippen LogP contribution is -2.40. The lowest BCUT2D eigenvalue weighted by molar-refractivity contribution is -0.133. The second-order valence-electron chi connectivity index (χ2n) is 7.79. The van der Waals surface area contributed by atoms with Crippen molar-refractivity contribution in [3.63, 3.8) is 0 Å². The lowest BCUT2D eigenvalue weighted by atomic mass is 9.92. The van der Waals surface area contributed by atoms with Crippen molar-refractivity contribution in [3.8, 4) is 11.1 Å². The van der Waals surface area contributed by atoms with Crippen molar-refractivity contribution in [3.05, 3.63) is 52.3 Å². The second-order valence-corrected chi connectivity index (χ2v) is 8.60. The normalized spacial score (nSPS) is 25.3. The van der Waals surface area contributed by atoms with Crippen LogP contribution in [0.25, 0.3) is 11.1 Å². The third-order valence-corrected chi connectivity index (χ3v) is 6.68. The summed E-state index contributed by atoms with van der Waals surface area (Å²) in [5, 5.41) is 1.16. The van der Waals surface area contributed by atoms with Crippen LogP contribution in [-0.4, -0.2) is 34.5 Å². The molecule has 1 aromatic heterocycles. The highest BCUT2D eigenvalue weighted by atomic mass is 35.5. The number of pyridine rings is 1. The lowest BCUT2D eigenvalue weighted by Gasteiger charge is -2.32. The Hall–Kier alpha value is -1.65. The van der Waals surface area contributed by atoms with Crippen molar-refractivity contribution in [1.29, 1.82) is 0 Å². The zero-order chi connectivity index (χ0) is 19.7. The SMILES string of the molecule is O=C1C(Cc2c(Cl)cc(-c3cccnc3)cc2Cl)CCN1[C@H]1CC[C@@H](F)CC1. The summed E-state index contributed by atoms with van der Waals surface area (Å²) in [4.78, 5) is 19.0. The van der Waals surface area contributed by atoms with E-state index in [0.29, 0.717) is 29.3 Å². The first-order valence-electron chi connectivity index (χ1n) is 9.86. The number of halogens is 3. The van der Waals surface area contributed by atoms with E-state index < -0.39 is 6.17 Å². The van der Waals surface area contributed by atoms with Crippen molar-refractivity contribution in [2.45, 2.75) is 50.7 Å². The Morgan fingerprint density at radius 2 is 1.79 bits per heavy atom. The van der Waals surface area contributed by atoms with E-state index in [1.165, 1.54) is 0 Å². The van der Waals surface area contributed by atoms with Crippen molar-refractivity contribution in [2.24, 2.45) is 5.92 Å². The number of hydrogen-bond donors (Lipinski definition) is 0. The van der Waals surface area contributed by atoms with Gasteiger partial charge in [0.05, 0.1) is 0 Å². The molecule has 0 spiro atoms. The fraction of sp³-hybridized carbons (Fsp3) is 0.455. The van der Waals surface area contributed by atoms with Crippen LogP contribution in [0.5, 0.6) is 0 Å². The average molecular weight is 421 g/mol. The first-order valence-corrected chi connectivity index (χ1v) is 10.6. The molecule has 148 valence electrons. The molecular weight excluding hydrogens is 398 g/mol. The van der Waals surface area contributed by atoms with Gasteiger partial charge in [0.1, 0.15) is 6.17 Å². The summed E-state index contributed by atoms with van der Waals surface area (Å²) in [6.45, 7) is 0.744. The molecular formula is C22H23Cl2FN2O. The molecule has 1 unspecified atom stereocenters. The highest BCUT2D eigenvalue weighted by Crippen LogP contribution is 2.36. The molecule has 2 heterocycles. The zero-order valence-electron chi connectivity index (χ0n) is 15.6. The fourth-order valence-corrected chi connectivity index (χ4v) is 5.05. The van der Waals surface area contributed by atoms with Gasteiger partial charge in [0.25, 0.3) is 0 Å². The van der Waals surface area contributed by atoms with E-state index in [4.69, 9.17) is 23.2 Å². The van der Waals surface area contributed by atoms with E-state index in [1.807, 2.05) is 29.2 Å². The van der Waals surface area contributed by atoms with Crippen LogP contribution >= 0.6 is 23.2 Å². The minimum atomic E-state index is -0.708. The maximum atomic E-state index is 13.4. The quantitative estimate of drug-likeness (QED) is 0.632. The topological polar surface area (TPSA) is 33.2 Å². The monoisotopic (exact) mass is 420 g/mol. The fourth-order valence-electron chi connectivity index (χ4n) is 4.41. The van der Waals surface area contributed by atoms with Gasteiger partial charge in [-0.2, -0.15) is 0 Å². The van der Waals surface area contributed by atoms with Crippen LogP contribution in [-0.2, 0) is 11.2 Å². The molecule has 0 bridgehead atoms. The maximum absolute atomic E-state index is 13.4. The molecule has 1 aromatic carbocycles. The van der Waals surface area contributed by atoms with Crippen molar-refractivity contribution in [2.75, 3.05) is 6.54 Å². The largest absolute Gasteiger partial charge is 0.339 e. The second kappa shape index (κ2) is 8.38. The van der Waals surface area contributed by atoms with E-state index in [9.17, 15) is 9.18 Å². The van der Waals surface area contributed by atoms with Gasteiger partial charge in [-0.3, -0.25) is 9.78 Å². The van der Waals surface area contributed by atoms with Crippen molar-refractivity contribution in [1.82, 2.24) is 9.88 Å². The van der Waals surface area contributed by atoms with Gasteiger partial charge in [0.15, 0.2) is 0 Å². The van der Waals surface area contributed by atoms with Gasteiger partial charge in [-0.05, 0) is 67.9 Å². The van der Waals surface area contributed by atoms with Gasteiger partial charge in [-0.1, -0.05) is 29.3 Å². The minimum absolute atomic E-state index is 0.109. The van der Waals surface area contributed by atoms with Crippen LogP contribution < -0.4 is 0 Å². The van der Waals surface area contributed by atoms with E-state index >= 15 is 0 Å². The van der Waals surface area contributed by atoms with Gasteiger partial charge < -0.3 is 4.90 Å². The van der Waals surface area contributed by atoms with Crippen LogP contribution in [0.15, 0.2) is 36.7 Å². The molecule has 6 heteroatoms. The number of amides is 1. The molecule has 1 aliphatic carbocycles. The molecule has 4 rings (SSSR count). The summed E-state index contributed by atoms with van der Waals surface area (Å²) in [5.41, 5.74) is 2.68. The first kappa shape index (κ1) is 19.7. The maximum Gasteiger partial charge on any atom is 0.226 e. The van der Waals surface area contributed by atoms with E-state index in [0.717, 1.165) is 42.5 Å². The predicted octanol–water partition coefficient (Wildman–Crippen LogP) is 5.73. The van der Waals surface area contributed by atoms with Gasteiger partial charge in [-0.15, -0.1) is 0 Å². The number of rotatable bonds is 4. The van der Waals surface area contributed by atoms with E-state index in [2.05, 4.69) is 4.98 Å². The minimum Gasteiger partial charge on any atom is -0.339 e. The Bertz CT molecular complexity index is 830. The number of likely N-dealkylation sites (tertiary alicyclic amines) is 1. The summed E-state index contributed by atoms with van der Waals surface area (Å²) >= 11 is 13.1. The van der Waals surface area contributed by atoms with Gasteiger partial charge in [0.2, 0.25) is 5.91 Å². The molecule has 1 aliphatic heterocycles. The third kappa shape index (κ3) is 4.04. The van der Waals surface area contributed by atoms with Crippen LogP contribution in [0.4, 0.5) is 4.39 Å². The van der Waals surface area contributed by atoms with Gasteiger partial charge in [0, 0.05) is 46.5 Å². The number of nitrogens with zero attached hydrogens (tertiary/aromatic N) is 2. The molecule has 28 heavy (non-hydrogen) atoms. The first-order chi connectivity index (χ1) is 13.5. The molecule has 1 amide bonds. The van der Waals surface area contributed by atoms with Crippen molar-refractivity contribution >= 4 is 29.1 Å². The van der Waals surface area contributed by atoms with Gasteiger partial charge >= 0.3 is 0 Å². The van der Waals surface area contributed by atoms with Crippen LogP contribution in [0.1, 0.15) is 37.7 Å². The van der Waals surface area contributed by atoms with Crippen LogP contribution in [0.2, 0.25) is 10.0 Å². The molecule has 3 nitrogen and oxygen atoms in total. The summed E-state index contributed by atoms with van der Waals surface area (Å²) in [5.74, 6) is 0.0492. The molecule has 2 fully saturated rings. The molecule has 1 saturated carbocycles. The molecule has 1 atom stereocenters. The molecule has 1 saturated heterocycles.